The average Bonchev–Trinajstić information content (AvgIpc) is 3.62. The number of nitrogens with two attached hydrogens (primary N) is 1. The number of anilines is 1. The lowest BCUT2D eigenvalue weighted by molar-refractivity contribution is -0.0516. The Morgan fingerprint density at radius 1 is 1.18 bits per heavy atom. The van der Waals surface area contributed by atoms with Gasteiger partial charge in [0.2, 0.25) is 0 Å². The number of pyridine rings is 1. The van der Waals surface area contributed by atoms with Crippen LogP contribution in [0.5, 0.6) is 11.5 Å². The summed E-state index contributed by atoms with van der Waals surface area (Å²) in [5, 5.41) is 9.90. The monoisotopic (exact) mass is 461 g/mol. The van der Waals surface area contributed by atoms with Gasteiger partial charge >= 0.3 is 6.61 Å². The van der Waals surface area contributed by atoms with Crippen LogP contribution in [0.25, 0.3) is 22.4 Å². The van der Waals surface area contributed by atoms with E-state index < -0.39 is 12.0 Å². The quantitative estimate of drug-likeness (QED) is 0.480. The molecule has 0 amide bonds. The third-order valence-corrected chi connectivity index (χ3v) is 6.57. The Hall–Kier alpha value is -3.66. The molecule has 7 heteroatoms. The number of ether oxygens (including phenoxy) is 2. The van der Waals surface area contributed by atoms with E-state index in [1.54, 1.807) is 12.1 Å². The summed E-state index contributed by atoms with van der Waals surface area (Å²) in [6.45, 7) is 1.58. The fourth-order valence-corrected chi connectivity index (χ4v) is 4.72. The maximum Gasteiger partial charge on any atom is 0.387 e. The molecule has 0 unspecified atom stereocenters. The van der Waals surface area contributed by atoms with Crippen LogP contribution in [0, 0.1) is 17.2 Å². The Balaban J connectivity index is 1.75. The van der Waals surface area contributed by atoms with Gasteiger partial charge in [-0.1, -0.05) is 44.2 Å². The zero-order valence-electron chi connectivity index (χ0n) is 19.1. The number of nitrogen functional groups attached to an aromatic ring is 1. The van der Waals surface area contributed by atoms with E-state index >= 15 is 0 Å². The van der Waals surface area contributed by atoms with Gasteiger partial charge in [0.05, 0.1) is 12.3 Å². The van der Waals surface area contributed by atoms with E-state index in [0.717, 1.165) is 40.7 Å². The molecule has 0 atom stereocenters. The van der Waals surface area contributed by atoms with Crippen LogP contribution in [-0.2, 0) is 11.8 Å². The van der Waals surface area contributed by atoms with E-state index in [2.05, 4.69) is 11.1 Å². The van der Waals surface area contributed by atoms with E-state index in [0.29, 0.717) is 30.2 Å². The standard InChI is InChI=1S/C27H25F2N3O2/c1-27(2)12-18-23(16-6-4-3-5-7-16)19(13-30)25(31)32-24(18)17-10-21(33-14-15-8-9-15)22(11-20(17)27)34-26(28)29/h3-7,10-11,15,26H,8-9,12,14H2,1-2H3,(H2,31,32). The van der Waals surface area contributed by atoms with Gasteiger partial charge in [-0.05, 0) is 59.4 Å². The molecule has 0 spiro atoms. The Kier molecular flexibility index (Phi) is 5.40. The molecule has 5 nitrogen and oxygen atoms in total. The highest BCUT2D eigenvalue weighted by Gasteiger charge is 2.37. The van der Waals surface area contributed by atoms with Gasteiger partial charge in [0.25, 0.3) is 0 Å². The van der Waals surface area contributed by atoms with Gasteiger partial charge in [-0.3, -0.25) is 0 Å². The van der Waals surface area contributed by atoms with Crippen LogP contribution in [0.4, 0.5) is 14.6 Å². The highest BCUT2D eigenvalue weighted by molar-refractivity contribution is 5.87. The Labute approximate surface area is 197 Å². The van der Waals surface area contributed by atoms with E-state index in [-0.39, 0.29) is 17.3 Å². The van der Waals surface area contributed by atoms with Crippen molar-refractivity contribution in [2.75, 3.05) is 12.3 Å². The van der Waals surface area contributed by atoms with Crippen molar-refractivity contribution in [3.63, 3.8) is 0 Å². The van der Waals surface area contributed by atoms with Crippen LogP contribution in [-0.4, -0.2) is 18.2 Å². The van der Waals surface area contributed by atoms with Crippen molar-refractivity contribution in [2.45, 2.75) is 45.1 Å². The molecule has 0 bridgehead atoms. The molecule has 0 saturated heterocycles. The summed E-state index contributed by atoms with van der Waals surface area (Å²) in [5.41, 5.74) is 10.9. The molecule has 1 heterocycles. The SMILES string of the molecule is CC1(C)Cc2c(nc(N)c(C#N)c2-c2ccccc2)-c2cc(OCC3CC3)c(OC(F)F)cc21. The lowest BCUT2D eigenvalue weighted by Gasteiger charge is -2.36. The van der Waals surface area contributed by atoms with Crippen molar-refractivity contribution in [1.82, 2.24) is 4.98 Å². The van der Waals surface area contributed by atoms with Crippen molar-refractivity contribution >= 4 is 5.82 Å². The largest absolute Gasteiger partial charge is 0.489 e. The maximum absolute atomic E-state index is 13.2. The Morgan fingerprint density at radius 2 is 1.91 bits per heavy atom. The fourth-order valence-electron chi connectivity index (χ4n) is 4.72. The second kappa shape index (κ2) is 8.28. The topological polar surface area (TPSA) is 81.2 Å². The van der Waals surface area contributed by atoms with Crippen molar-refractivity contribution < 1.29 is 18.3 Å². The Morgan fingerprint density at radius 3 is 2.56 bits per heavy atom. The number of alkyl halides is 2. The van der Waals surface area contributed by atoms with Crippen LogP contribution < -0.4 is 15.2 Å². The van der Waals surface area contributed by atoms with E-state index in [9.17, 15) is 14.0 Å². The zero-order chi connectivity index (χ0) is 24.0. The molecule has 2 aliphatic carbocycles. The number of fused-ring (bicyclic) bond motifs is 3. The Bertz CT molecular complexity index is 1300. The molecule has 1 aromatic heterocycles. The van der Waals surface area contributed by atoms with Gasteiger partial charge < -0.3 is 15.2 Å². The van der Waals surface area contributed by atoms with Crippen LogP contribution >= 0.6 is 0 Å². The molecule has 0 aliphatic heterocycles. The third kappa shape index (κ3) is 3.94. The molecule has 1 fully saturated rings. The average molecular weight is 462 g/mol. The van der Waals surface area contributed by atoms with Crippen LogP contribution in [0.2, 0.25) is 0 Å². The van der Waals surface area contributed by atoms with Crippen molar-refractivity contribution in [3.05, 3.63) is 59.2 Å². The zero-order valence-corrected chi connectivity index (χ0v) is 19.1. The first-order valence-corrected chi connectivity index (χ1v) is 11.3. The predicted molar refractivity (Wildman–Crippen MR) is 126 cm³/mol. The summed E-state index contributed by atoms with van der Waals surface area (Å²) < 4.78 is 37.2. The van der Waals surface area contributed by atoms with Crippen LogP contribution in [0.3, 0.4) is 0 Å². The molecule has 2 N–H and O–H groups in total. The summed E-state index contributed by atoms with van der Waals surface area (Å²) in [5.74, 6) is 0.867. The second-order valence-corrected chi connectivity index (χ2v) is 9.59. The van der Waals surface area contributed by atoms with E-state index in [1.807, 2.05) is 44.2 Å². The van der Waals surface area contributed by atoms with Gasteiger partial charge in [-0.15, -0.1) is 0 Å². The smallest absolute Gasteiger partial charge is 0.387 e. The van der Waals surface area contributed by atoms with Crippen molar-refractivity contribution in [2.24, 2.45) is 5.92 Å². The minimum atomic E-state index is -2.96. The maximum atomic E-state index is 13.2. The number of halogens is 2. The van der Waals surface area contributed by atoms with Gasteiger partial charge in [0.1, 0.15) is 17.5 Å². The minimum Gasteiger partial charge on any atom is -0.489 e. The van der Waals surface area contributed by atoms with Gasteiger partial charge in [-0.2, -0.15) is 14.0 Å². The molecule has 0 radical (unpaired) electrons. The number of hydrogen-bond acceptors (Lipinski definition) is 5. The molecule has 174 valence electrons. The van der Waals surface area contributed by atoms with Crippen LogP contribution in [0.1, 0.15) is 43.4 Å². The first-order valence-electron chi connectivity index (χ1n) is 11.3. The number of nitrogens with zero attached hydrogens (tertiary/aromatic N) is 2. The summed E-state index contributed by atoms with van der Waals surface area (Å²) in [6.07, 6.45) is 2.69. The molecular formula is C27H25F2N3O2. The number of benzene rings is 2. The lowest BCUT2D eigenvalue weighted by Crippen LogP contribution is -2.27. The number of aromatic nitrogens is 1. The lowest BCUT2D eigenvalue weighted by atomic mass is 9.69. The predicted octanol–water partition coefficient (Wildman–Crippen LogP) is 6.09. The molecule has 5 rings (SSSR count). The van der Waals surface area contributed by atoms with E-state index in [4.69, 9.17) is 15.2 Å². The van der Waals surface area contributed by atoms with Crippen molar-refractivity contribution in [1.29, 1.82) is 5.26 Å². The summed E-state index contributed by atoms with van der Waals surface area (Å²) in [4.78, 5) is 4.63. The van der Waals surface area contributed by atoms with Crippen LogP contribution in [0.15, 0.2) is 42.5 Å². The van der Waals surface area contributed by atoms with Gasteiger partial charge in [-0.25, -0.2) is 4.98 Å². The molecular weight excluding hydrogens is 436 g/mol. The molecule has 3 aromatic rings. The van der Waals surface area contributed by atoms with Crippen molar-refractivity contribution in [3.8, 4) is 40.0 Å². The molecule has 2 aromatic carbocycles. The normalized spacial score (nSPS) is 15.9. The highest BCUT2D eigenvalue weighted by Crippen LogP contribution is 2.50. The van der Waals surface area contributed by atoms with Gasteiger partial charge in [0.15, 0.2) is 11.5 Å². The number of hydrogen-bond donors (Lipinski definition) is 1. The number of nitriles is 1. The molecule has 34 heavy (non-hydrogen) atoms. The number of rotatable bonds is 6. The first kappa shape index (κ1) is 22.1. The fraction of sp³-hybridized carbons (Fsp3) is 0.333. The minimum absolute atomic E-state index is 0.0239. The van der Waals surface area contributed by atoms with Gasteiger partial charge in [0, 0.05) is 11.1 Å². The third-order valence-electron chi connectivity index (χ3n) is 6.57. The second-order valence-electron chi connectivity index (χ2n) is 9.59. The van der Waals surface area contributed by atoms with E-state index in [1.165, 1.54) is 0 Å². The summed E-state index contributed by atoms with van der Waals surface area (Å²) >= 11 is 0. The highest BCUT2D eigenvalue weighted by atomic mass is 19.3. The first-order chi connectivity index (χ1) is 16.3. The summed E-state index contributed by atoms with van der Waals surface area (Å²) in [7, 11) is 0. The molecule has 2 aliphatic rings. The summed E-state index contributed by atoms with van der Waals surface area (Å²) in [6, 6.07) is 15.3. The molecule has 1 saturated carbocycles.